The van der Waals surface area contributed by atoms with Crippen molar-refractivity contribution >= 4 is 21.4 Å². The molecule has 1 aliphatic rings. The van der Waals surface area contributed by atoms with Crippen LogP contribution >= 0.6 is 11.3 Å². The SMILES string of the molecule is COC1CC(c2nc(C)no2)N(c2nn3cc(-c4cccnc4)nc3s2)C1. The van der Waals surface area contributed by atoms with Gasteiger partial charge in [0.2, 0.25) is 16.0 Å². The van der Waals surface area contributed by atoms with Crippen LogP contribution in [0, 0.1) is 6.92 Å². The third-order valence-corrected chi connectivity index (χ3v) is 5.62. The smallest absolute Gasteiger partial charge is 0.249 e. The van der Waals surface area contributed by atoms with Gasteiger partial charge in [-0.2, -0.15) is 4.98 Å². The molecule has 1 aliphatic heterocycles. The molecule has 10 heteroatoms. The van der Waals surface area contributed by atoms with E-state index in [0.717, 1.165) is 27.8 Å². The molecule has 0 radical (unpaired) electrons. The first kappa shape index (κ1) is 16.3. The predicted octanol–water partition coefficient (Wildman–Crippen LogP) is 2.51. The van der Waals surface area contributed by atoms with E-state index in [9.17, 15) is 0 Å². The molecule has 5 rings (SSSR count). The predicted molar refractivity (Wildman–Crippen MR) is 98.6 cm³/mol. The molecule has 0 spiro atoms. The second-order valence-electron chi connectivity index (χ2n) is 6.42. The van der Waals surface area contributed by atoms with Crippen molar-refractivity contribution in [3.05, 3.63) is 42.4 Å². The second kappa shape index (κ2) is 6.39. The molecule has 0 saturated carbocycles. The molecule has 2 unspecified atom stereocenters. The average Bonchev–Trinajstić information content (AvgIpc) is 3.43. The highest BCUT2D eigenvalue weighted by atomic mass is 32.1. The van der Waals surface area contributed by atoms with Gasteiger partial charge in [-0.25, -0.2) is 9.50 Å². The summed E-state index contributed by atoms with van der Waals surface area (Å²) < 4.78 is 12.8. The summed E-state index contributed by atoms with van der Waals surface area (Å²) in [6.07, 6.45) is 6.33. The quantitative estimate of drug-likeness (QED) is 0.531. The summed E-state index contributed by atoms with van der Waals surface area (Å²) in [6, 6.07) is 3.83. The maximum absolute atomic E-state index is 5.57. The molecule has 0 aliphatic carbocycles. The van der Waals surface area contributed by atoms with Crippen molar-refractivity contribution in [2.24, 2.45) is 0 Å². The van der Waals surface area contributed by atoms with Crippen molar-refractivity contribution in [2.75, 3.05) is 18.6 Å². The number of anilines is 1. The minimum absolute atomic E-state index is 0.0511. The summed E-state index contributed by atoms with van der Waals surface area (Å²) in [5.41, 5.74) is 1.82. The summed E-state index contributed by atoms with van der Waals surface area (Å²) in [6.45, 7) is 2.53. The fraction of sp³-hybridized carbons (Fsp3) is 0.353. The van der Waals surface area contributed by atoms with Gasteiger partial charge in [0.1, 0.15) is 6.04 Å². The minimum atomic E-state index is -0.0511. The molecule has 27 heavy (non-hydrogen) atoms. The lowest BCUT2D eigenvalue weighted by Crippen LogP contribution is -2.25. The Morgan fingerprint density at radius 3 is 2.96 bits per heavy atom. The van der Waals surface area contributed by atoms with Gasteiger partial charge >= 0.3 is 0 Å². The van der Waals surface area contributed by atoms with E-state index in [1.807, 2.05) is 25.3 Å². The monoisotopic (exact) mass is 383 g/mol. The Bertz CT molecular complexity index is 1040. The molecule has 4 aromatic heterocycles. The Morgan fingerprint density at radius 2 is 2.26 bits per heavy atom. The van der Waals surface area contributed by atoms with Crippen LogP contribution in [-0.4, -0.2) is 49.5 Å². The Morgan fingerprint density at radius 1 is 1.33 bits per heavy atom. The number of rotatable bonds is 4. The van der Waals surface area contributed by atoms with Crippen molar-refractivity contribution in [1.29, 1.82) is 0 Å². The molecule has 5 heterocycles. The Labute approximate surface area is 158 Å². The van der Waals surface area contributed by atoms with Gasteiger partial charge in [0.15, 0.2) is 5.82 Å². The highest BCUT2D eigenvalue weighted by Gasteiger charge is 2.38. The summed E-state index contributed by atoms with van der Waals surface area (Å²) in [4.78, 5) is 16.2. The number of hydrogen-bond donors (Lipinski definition) is 0. The highest BCUT2D eigenvalue weighted by Crippen LogP contribution is 2.38. The molecule has 0 N–H and O–H groups in total. The van der Waals surface area contributed by atoms with Crippen molar-refractivity contribution in [1.82, 2.24) is 29.7 Å². The van der Waals surface area contributed by atoms with Crippen LogP contribution in [0.2, 0.25) is 0 Å². The lowest BCUT2D eigenvalue weighted by atomic mass is 10.2. The van der Waals surface area contributed by atoms with Crippen LogP contribution in [0.3, 0.4) is 0 Å². The number of hydrogen-bond acceptors (Lipinski definition) is 9. The van der Waals surface area contributed by atoms with Crippen LogP contribution in [0.4, 0.5) is 5.13 Å². The average molecular weight is 383 g/mol. The van der Waals surface area contributed by atoms with Gasteiger partial charge in [-0.15, -0.1) is 5.10 Å². The van der Waals surface area contributed by atoms with Crippen LogP contribution in [0.1, 0.15) is 24.2 Å². The zero-order chi connectivity index (χ0) is 18.4. The van der Waals surface area contributed by atoms with E-state index in [1.165, 1.54) is 11.3 Å². The van der Waals surface area contributed by atoms with Gasteiger partial charge in [0, 0.05) is 38.0 Å². The standard InChI is InChI=1S/C17H17N7O2S/c1-10-19-15(26-22-10)14-6-12(25-2)8-23(14)17-21-24-9-13(20-16(24)27-17)11-4-3-5-18-7-11/h3-5,7,9,12,14H,6,8H2,1-2H3. The van der Waals surface area contributed by atoms with Gasteiger partial charge in [0.05, 0.1) is 18.0 Å². The number of methoxy groups -OCH3 is 1. The second-order valence-corrected chi connectivity index (χ2v) is 7.36. The van der Waals surface area contributed by atoms with Crippen molar-refractivity contribution in [2.45, 2.75) is 25.5 Å². The first-order chi connectivity index (χ1) is 13.2. The van der Waals surface area contributed by atoms with Crippen LogP contribution in [0.5, 0.6) is 0 Å². The zero-order valence-electron chi connectivity index (χ0n) is 14.8. The van der Waals surface area contributed by atoms with Gasteiger partial charge in [0.25, 0.3) is 0 Å². The molecular weight excluding hydrogens is 366 g/mol. The lowest BCUT2D eigenvalue weighted by Gasteiger charge is -2.19. The first-order valence-electron chi connectivity index (χ1n) is 8.57. The molecular formula is C17H17N7O2S. The summed E-state index contributed by atoms with van der Waals surface area (Å²) >= 11 is 1.53. The van der Waals surface area contributed by atoms with Gasteiger partial charge in [-0.1, -0.05) is 16.5 Å². The molecule has 1 fully saturated rings. The van der Waals surface area contributed by atoms with E-state index in [0.29, 0.717) is 18.3 Å². The summed E-state index contributed by atoms with van der Waals surface area (Å²) in [5.74, 6) is 1.22. The Hall–Kier alpha value is -2.85. The summed E-state index contributed by atoms with van der Waals surface area (Å²) in [5, 5.41) is 9.51. The Kier molecular flexibility index (Phi) is 3.87. The molecule has 138 valence electrons. The Balaban J connectivity index is 1.49. The number of aryl methyl sites for hydroxylation is 1. The van der Waals surface area contributed by atoms with Crippen molar-refractivity contribution in [3.63, 3.8) is 0 Å². The van der Waals surface area contributed by atoms with E-state index >= 15 is 0 Å². The highest BCUT2D eigenvalue weighted by molar-refractivity contribution is 7.20. The number of fused-ring (bicyclic) bond motifs is 1. The van der Waals surface area contributed by atoms with Crippen molar-refractivity contribution in [3.8, 4) is 11.3 Å². The van der Waals surface area contributed by atoms with E-state index in [1.54, 1.807) is 24.0 Å². The third kappa shape index (κ3) is 2.86. The molecule has 0 aromatic carbocycles. The lowest BCUT2D eigenvalue weighted by molar-refractivity contribution is 0.117. The molecule has 0 bridgehead atoms. The molecule has 4 aromatic rings. The van der Waals surface area contributed by atoms with Crippen LogP contribution in [0.15, 0.2) is 35.2 Å². The number of ether oxygens (including phenoxy) is 1. The van der Waals surface area contributed by atoms with Crippen LogP contribution < -0.4 is 4.90 Å². The number of nitrogens with zero attached hydrogens (tertiary/aromatic N) is 7. The normalized spacial score (nSPS) is 20.0. The molecule has 1 saturated heterocycles. The molecule has 9 nitrogen and oxygen atoms in total. The minimum Gasteiger partial charge on any atom is -0.380 e. The topological polar surface area (TPSA) is 94.5 Å². The first-order valence-corrected chi connectivity index (χ1v) is 9.39. The molecule has 0 amide bonds. The van der Waals surface area contributed by atoms with Crippen LogP contribution in [0.25, 0.3) is 16.2 Å². The van der Waals surface area contributed by atoms with Crippen LogP contribution in [-0.2, 0) is 4.74 Å². The van der Waals surface area contributed by atoms with E-state index in [4.69, 9.17) is 14.4 Å². The van der Waals surface area contributed by atoms with Gasteiger partial charge in [-0.05, 0) is 19.1 Å². The number of imidazole rings is 1. The van der Waals surface area contributed by atoms with Crippen molar-refractivity contribution < 1.29 is 9.26 Å². The fourth-order valence-corrected chi connectivity index (χ4v) is 4.26. The third-order valence-electron chi connectivity index (χ3n) is 4.66. The van der Waals surface area contributed by atoms with Gasteiger partial charge < -0.3 is 14.2 Å². The zero-order valence-corrected chi connectivity index (χ0v) is 15.6. The largest absolute Gasteiger partial charge is 0.380 e. The number of pyridine rings is 1. The molecule has 2 atom stereocenters. The fourth-order valence-electron chi connectivity index (χ4n) is 3.32. The van der Waals surface area contributed by atoms with E-state index < -0.39 is 0 Å². The maximum Gasteiger partial charge on any atom is 0.249 e. The van der Waals surface area contributed by atoms with E-state index in [2.05, 4.69) is 25.0 Å². The number of aromatic nitrogens is 6. The van der Waals surface area contributed by atoms with Gasteiger partial charge in [-0.3, -0.25) is 4.98 Å². The van der Waals surface area contributed by atoms with E-state index in [-0.39, 0.29) is 12.1 Å². The summed E-state index contributed by atoms with van der Waals surface area (Å²) in [7, 11) is 1.72. The maximum atomic E-state index is 5.57.